The maximum Gasteiger partial charge on any atom is 0.172 e. The Morgan fingerprint density at radius 2 is 1.82 bits per heavy atom. The number of halogens is 1. The lowest BCUT2D eigenvalue weighted by molar-refractivity contribution is 0.111. The van der Waals surface area contributed by atoms with E-state index < -0.39 is 0 Å². The topological polar surface area (TPSA) is 47.8 Å². The monoisotopic (exact) mass is 295 g/mol. The summed E-state index contributed by atoms with van der Waals surface area (Å²) in [5.74, 6) is -0.294. The molecule has 0 radical (unpaired) electrons. The number of carbonyl (C=O) groups excluding carboxylic acids is 1. The van der Waals surface area contributed by atoms with Crippen molar-refractivity contribution in [2.45, 2.75) is 13.0 Å². The van der Waals surface area contributed by atoms with Gasteiger partial charge in [0.2, 0.25) is 0 Å². The molecule has 3 aromatic rings. The fraction of sp³-hybridized carbons (Fsp3) is 0.118. The van der Waals surface area contributed by atoms with Gasteiger partial charge in [0, 0.05) is 6.42 Å². The van der Waals surface area contributed by atoms with Gasteiger partial charge in [0.25, 0.3) is 0 Å². The van der Waals surface area contributed by atoms with Crippen LogP contribution in [0, 0.1) is 5.82 Å². The minimum atomic E-state index is -0.294. The van der Waals surface area contributed by atoms with Gasteiger partial charge in [-0.15, -0.1) is 5.10 Å². The fourth-order valence-electron chi connectivity index (χ4n) is 2.34. The van der Waals surface area contributed by atoms with Crippen LogP contribution >= 0.6 is 0 Å². The van der Waals surface area contributed by atoms with Crippen molar-refractivity contribution in [3.8, 4) is 0 Å². The smallest absolute Gasteiger partial charge is 0.172 e. The Hall–Kier alpha value is -2.82. The van der Waals surface area contributed by atoms with Gasteiger partial charge in [0.05, 0.1) is 12.2 Å². The minimum absolute atomic E-state index is 0.294. The lowest BCUT2D eigenvalue weighted by Gasteiger charge is -2.07. The van der Waals surface area contributed by atoms with Gasteiger partial charge in [-0.1, -0.05) is 47.7 Å². The Kier molecular flexibility index (Phi) is 4.05. The Bertz CT molecular complexity index is 784. The summed E-state index contributed by atoms with van der Waals surface area (Å²) in [6.07, 6.45) is 1.25. The van der Waals surface area contributed by atoms with Crippen LogP contribution in [0.4, 0.5) is 4.39 Å². The van der Waals surface area contributed by atoms with Gasteiger partial charge in [0.1, 0.15) is 11.5 Å². The van der Waals surface area contributed by atoms with Crippen molar-refractivity contribution >= 4 is 6.29 Å². The van der Waals surface area contributed by atoms with Crippen LogP contribution in [0.2, 0.25) is 0 Å². The molecule has 0 fully saturated rings. The Labute approximate surface area is 127 Å². The van der Waals surface area contributed by atoms with E-state index >= 15 is 0 Å². The van der Waals surface area contributed by atoms with E-state index in [-0.39, 0.29) is 5.82 Å². The number of nitrogens with zero attached hydrogens (tertiary/aromatic N) is 3. The van der Waals surface area contributed by atoms with E-state index in [0.717, 1.165) is 16.8 Å². The number of carbonyl (C=O) groups is 1. The van der Waals surface area contributed by atoms with Crippen molar-refractivity contribution in [2.75, 3.05) is 0 Å². The molecule has 0 saturated carbocycles. The first-order valence-electron chi connectivity index (χ1n) is 6.92. The van der Waals surface area contributed by atoms with Gasteiger partial charge in [-0.05, 0) is 23.3 Å². The van der Waals surface area contributed by atoms with Crippen molar-refractivity contribution in [2.24, 2.45) is 0 Å². The molecule has 3 rings (SSSR count). The number of aldehydes is 1. The molecule has 2 aromatic carbocycles. The van der Waals surface area contributed by atoms with Crippen LogP contribution in [0.3, 0.4) is 0 Å². The van der Waals surface area contributed by atoms with Gasteiger partial charge >= 0.3 is 0 Å². The first kappa shape index (κ1) is 14.1. The number of hydrogen-bond donors (Lipinski definition) is 0. The molecule has 0 bridgehead atoms. The Morgan fingerprint density at radius 1 is 1.05 bits per heavy atom. The van der Waals surface area contributed by atoms with E-state index in [9.17, 15) is 9.18 Å². The minimum Gasteiger partial charge on any atom is -0.296 e. The molecule has 0 aliphatic carbocycles. The zero-order valence-electron chi connectivity index (χ0n) is 11.8. The molecule has 110 valence electrons. The van der Waals surface area contributed by atoms with Gasteiger partial charge in [-0.25, -0.2) is 9.07 Å². The number of rotatable bonds is 5. The lowest BCUT2D eigenvalue weighted by Crippen LogP contribution is -2.08. The molecule has 0 aliphatic rings. The summed E-state index contributed by atoms with van der Waals surface area (Å²) in [4.78, 5) is 11.2. The second-order valence-electron chi connectivity index (χ2n) is 4.99. The molecule has 0 amide bonds. The van der Waals surface area contributed by atoms with Crippen molar-refractivity contribution in [3.05, 3.63) is 82.9 Å². The Morgan fingerprint density at radius 3 is 2.55 bits per heavy atom. The largest absolute Gasteiger partial charge is 0.296 e. The molecule has 4 nitrogen and oxygen atoms in total. The summed E-state index contributed by atoms with van der Waals surface area (Å²) in [6.45, 7) is 0.376. The van der Waals surface area contributed by atoms with Crippen molar-refractivity contribution in [1.29, 1.82) is 0 Å². The molecule has 0 atom stereocenters. The molecule has 0 spiro atoms. The van der Waals surface area contributed by atoms with Crippen molar-refractivity contribution in [3.63, 3.8) is 0 Å². The number of aromatic nitrogens is 3. The maximum atomic E-state index is 13.3. The van der Waals surface area contributed by atoms with Gasteiger partial charge in [0.15, 0.2) is 6.29 Å². The average Bonchev–Trinajstić information content (AvgIpc) is 2.90. The van der Waals surface area contributed by atoms with Crippen molar-refractivity contribution < 1.29 is 9.18 Å². The normalized spacial score (nSPS) is 10.6. The summed E-state index contributed by atoms with van der Waals surface area (Å²) in [5.41, 5.74) is 2.88. The van der Waals surface area contributed by atoms with Crippen LogP contribution in [0.1, 0.15) is 27.3 Å². The average molecular weight is 295 g/mol. The van der Waals surface area contributed by atoms with E-state index in [1.807, 2.05) is 36.4 Å². The molecule has 0 N–H and O–H groups in total. The summed E-state index contributed by atoms with van der Waals surface area (Å²) < 4.78 is 14.9. The lowest BCUT2D eigenvalue weighted by atomic mass is 10.1. The molecule has 5 heteroatoms. The summed E-state index contributed by atoms with van der Waals surface area (Å²) >= 11 is 0. The predicted octanol–water partition coefficient (Wildman–Crippen LogP) is 2.87. The first-order chi connectivity index (χ1) is 10.8. The molecule has 0 aliphatic heterocycles. The molecule has 1 heterocycles. The van der Waals surface area contributed by atoms with Crippen LogP contribution in [-0.2, 0) is 13.0 Å². The van der Waals surface area contributed by atoms with Gasteiger partial charge in [-0.2, -0.15) is 0 Å². The van der Waals surface area contributed by atoms with E-state index in [4.69, 9.17) is 0 Å². The first-order valence-corrected chi connectivity index (χ1v) is 6.92. The van der Waals surface area contributed by atoms with E-state index in [1.165, 1.54) is 12.1 Å². The fourth-order valence-corrected chi connectivity index (χ4v) is 2.34. The van der Waals surface area contributed by atoms with E-state index in [0.29, 0.717) is 24.9 Å². The van der Waals surface area contributed by atoms with Crippen LogP contribution in [0.5, 0.6) is 0 Å². The van der Waals surface area contributed by atoms with Crippen LogP contribution < -0.4 is 0 Å². The molecule has 0 saturated heterocycles. The molecule has 0 unspecified atom stereocenters. The third-order valence-corrected chi connectivity index (χ3v) is 3.42. The zero-order valence-corrected chi connectivity index (χ0v) is 11.8. The SMILES string of the molecule is O=Cc1nnn(Cc2cccc(F)c2)c1Cc1ccccc1. The second-order valence-corrected chi connectivity index (χ2v) is 4.99. The second kappa shape index (κ2) is 6.30. The van der Waals surface area contributed by atoms with Crippen LogP contribution in [0.15, 0.2) is 54.6 Å². The zero-order chi connectivity index (χ0) is 15.4. The molecular formula is C17H14FN3O. The quantitative estimate of drug-likeness (QED) is 0.680. The highest BCUT2D eigenvalue weighted by atomic mass is 19.1. The standard InChI is InChI=1S/C17H14FN3O/c18-15-8-4-7-14(9-15)11-21-17(16(12-22)19-20-21)10-13-5-2-1-3-6-13/h1-9,12H,10-11H2. The van der Waals surface area contributed by atoms with Crippen LogP contribution in [0.25, 0.3) is 0 Å². The highest BCUT2D eigenvalue weighted by Gasteiger charge is 2.13. The van der Waals surface area contributed by atoms with Gasteiger partial charge in [-0.3, -0.25) is 4.79 Å². The van der Waals surface area contributed by atoms with E-state index in [2.05, 4.69) is 10.3 Å². The molecule has 1 aromatic heterocycles. The highest BCUT2D eigenvalue weighted by Crippen LogP contribution is 2.14. The summed E-state index contributed by atoms with van der Waals surface area (Å²) in [6, 6.07) is 16.1. The van der Waals surface area contributed by atoms with Gasteiger partial charge < -0.3 is 0 Å². The van der Waals surface area contributed by atoms with Crippen molar-refractivity contribution in [1.82, 2.24) is 15.0 Å². The third kappa shape index (κ3) is 3.09. The van der Waals surface area contributed by atoms with Crippen LogP contribution in [-0.4, -0.2) is 21.3 Å². The summed E-state index contributed by atoms with van der Waals surface area (Å²) in [7, 11) is 0. The predicted molar refractivity (Wildman–Crippen MR) is 80.2 cm³/mol. The highest BCUT2D eigenvalue weighted by molar-refractivity contribution is 5.73. The maximum absolute atomic E-state index is 13.3. The third-order valence-electron chi connectivity index (χ3n) is 3.42. The number of hydrogen-bond acceptors (Lipinski definition) is 3. The number of benzene rings is 2. The Balaban J connectivity index is 1.91. The molecular weight excluding hydrogens is 281 g/mol. The molecule has 22 heavy (non-hydrogen) atoms. The summed E-state index contributed by atoms with van der Waals surface area (Å²) in [5, 5.41) is 7.92. The van der Waals surface area contributed by atoms with E-state index in [1.54, 1.807) is 10.7 Å².